The second-order valence-electron chi connectivity index (χ2n) is 3.35. The van der Waals surface area contributed by atoms with E-state index in [0.717, 1.165) is 11.3 Å². The van der Waals surface area contributed by atoms with E-state index in [9.17, 15) is 9.18 Å². The molecule has 0 radical (unpaired) electrons. The van der Waals surface area contributed by atoms with E-state index in [2.05, 4.69) is 10.2 Å². The second-order valence-corrected chi connectivity index (χ2v) is 3.35. The summed E-state index contributed by atoms with van der Waals surface area (Å²) in [5, 5.41) is 15.1. The van der Waals surface area contributed by atoms with Crippen molar-refractivity contribution < 1.29 is 14.3 Å². The highest BCUT2D eigenvalue weighted by Crippen LogP contribution is 2.20. The SMILES string of the molecule is O=C(O)Cc1cc(-c2ccn[nH]2)ccc1F. The summed E-state index contributed by atoms with van der Waals surface area (Å²) in [4.78, 5) is 10.5. The first-order valence-electron chi connectivity index (χ1n) is 4.67. The number of carbonyl (C=O) groups is 1. The van der Waals surface area contributed by atoms with Gasteiger partial charge in [-0.05, 0) is 29.8 Å². The monoisotopic (exact) mass is 220 g/mol. The summed E-state index contributed by atoms with van der Waals surface area (Å²) < 4.78 is 13.3. The highest BCUT2D eigenvalue weighted by atomic mass is 19.1. The van der Waals surface area contributed by atoms with Gasteiger partial charge in [0.25, 0.3) is 0 Å². The number of benzene rings is 1. The fraction of sp³-hybridized carbons (Fsp3) is 0.0909. The molecule has 0 aliphatic carbocycles. The Labute approximate surface area is 90.7 Å². The summed E-state index contributed by atoms with van der Waals surface area (Å²) in [6.45, 7) is 0. The third-order valence-corrected chi connectivity index (χ3v) is 2.20. The maximum Gasteiger partial charge on any atom is 0.307 e. The molecule has 2 rings (SSSR count). The minimum Gasteiger partial charge on any atom is -0.481 e. The van der Waals surface area contributed by atoms with Crippen LogP contribution in [0.15, 0.2) is 30.5 Å². The molecule has 0 aliphatic rings. The van der Waals surface area contributed by atoms with Crippen molar-refractivity contribution in [1.29, 1.82) is 0 Å². The maximum absolute atomic E-state index is 13.3. The van der Waals surface area contributed by atoms with Gasteiger partial charge in [0.1, 0.15) is 5.82 Å². The van der Waals surface area contributed by atoms with Gasteiger partial charge in [-0.1, -0.05) is 0 Å². The van der Waals surface area contributed by atoms with Gasteiger partial charge < -0.3 is 5.11 Å². The topological polar surface area (TPSA) is 66.0 Å². The highest BCUT2D eigenvalue weighted by Gasteiger charge is 2.09. The fourth-order valence-electron chi connectivity index (χ4n) is 1.46. The lowest BCUT2D eigenvalue weighted by Gasteiger charge is -2.03. The zero-order valence-corrected chi connectivity index (χ0v) is 8.27. The Morgan fingerprint density at radius 2 is 2.25 bits per heavy atom. The van der Waals surface area contributed by atoms with Crippen LogP contribution < -0.4 is 0 Å². The number of carboxylic acids is 1. The van der Waals surface area contributed by atoms with Crippen LogP contribution >= 0.6 is 0 Å². The lowest BCUT2D eigenvalue weighted by Crippen LogP contribution is -2.02. The molecule has 2 N–H and O–H groups in total. The van der Waals surface area contributed by atoms with E-state index in [4.69, 9.17) is 5.11 Å². The van der Waals surface area contributed by atoms with E-state index in [1.165, 1.54) is 12.1 Å². The second kappa shape index (κ2) is 4.14. The molecule has 0 amide bonds. The number of halogens is 1. The summed E-state index contributed by atoms with van der Waals surface area (Å²) >= 11 is 0. The number of aromatic amines is 1. The number of hydrogen-bond acceptors (Lipinski definition) is 2. The Balaban J connectivity index is 2.39. The number of rotatable bonds is 3. The zero-order valence-electron chi connectivity index (χ0n) is 8.27. The Kier molecular flexibility index (Phi) is 2.68. The number of nitrogens with zero attached hydrogens (tertiary/aromatic N) is 1. The van der Waals surface area contributed by atoms with Crippen LogP contribution in [0.3, 0.4) is 0 Å². The van der Waals surface area contributed by atoms with Crippen molar-refractivity contribution in [1.82, 2.24) is 10.2 Å². The Bertz CT molecular complexity index is 509. The number of aliphatic carboxylic acids is 1. The first kappa shape index (κ1) is 10.4. The first-order valence-corrected chi connectivity index (χ1v) is 4.67. The predicted octanol–water partition coefficient (Wildman–Crippen LogP) is 1.84. The average Bonchev–Trinajstić information content (AvgIpc) is 2.73. The normalized spacial score (nSPS) is 10.3. The quantitative estimate of drug-likeness (QED) is 0.829. The smallest absolute Gasteiger partial charge is 0.307 e. The van der Waals surface area contributed by atoms with Gasteiger partial charge in [-0.15, -0.1) is 0 Å². The first-order chi connectivity index (χ1) is 7.66. The van der Waals surface area contributed by atoms with Crippen molar-refractivity contribution in [2.45, 2.75) is 6.42 Å². The Morgan fingerprint density at radius 3 is 2.88 bits per heavy atom. The van der Waals surface area contributed by atoms with E-state index in [1.54, 1.807) is 18.3 Å². The van der Waals surface area contributed by atoms with Crippen LogP contribution in [0.4, 0.5) is 4.39 Å². The minimum atomic E-state index is -1.05. The van der Waals surface area contributed by atoms with Gasteiger partial charge in [0.2, 0.25) is 0 Å². The number of carboxylic acid groups (broad SMARTS) is 1. The molecule has 1 aromatic carbocycles. The van der Waals surface area contributed by atoms with Gasteiger partial charge in [-0.2, -0.15) is 5.10 Å². The van der Waals surface area contributed by atoms with Crippen molar-refractivity contribution >= 4 is 5.97 Å². The van der Waals surface area contributed by atoms with Crippen LogP contribution in [0.2, 0.25) is 0 Å². The van der Waals surface area contributed by atoms with Crippen LogP contribution in [0.25, 0.3) is 11.3 Å². The summed E-state index contributed by atoms with van der Waals surface area (Å²) in [7, 11) is 0. The molecule has 1 aromatic heterocycles. The molecule has 4 nitrogen and oxygen atoms in total. The summed E-state index contributed by atoms with van der Waals surface area (Å²) in [6.07, 6.45) is 1.25. The number of nitrogens with one attached hydrogen (secondary N) is 1. The number of aromatic nitrogens is 2. The molecule has 0 atom stereocenters. The van der Waals surface area contributed by atoms with Crippen LogP contribution in [0, 0.1) is 5.82 Å². The van der Waals surface area contributed by atoms with Crippen molar-refractivity contribution in [3.63, 3.8) is 0 Å². The van der Waals surface area contributed by atoms with Crippen molar-refractivity contribution in [2.24, 2.45) is 0 Å². The summed E-state index contributed by atoms with van der Waals surface area (Å²) in [5.41, 5.74) is 1.61. The molecule has 0 fully saturated rings. The van der Waals surface area contributed by atoms with E-state index >= 15 is 0 Å². The fourth-order valence-corrected chi connectivity index (χ4v) is 1.46. The molecule has 0 spiro atoms. The minimum absolute atomic E-state index is 0.166. The van der Waals surface area contributed by atoms with Gasteiger partial charge in [0, 0.05) is 11.8 Å². The molecular formula is C11H9FN2O2. The molecule has 82 valence electrons. The maximum atomic E-state index is 13.3. The molecule has 0 saturated carbocycles. The zero-order chi connectivity index (χ0) is 11.5. The van der Waals surface area contributed by atoms with Gasteiger partial charge >= 0.3 is 5.97 Å². The molecule has 0 saturated heterocycles. The predicted molar refractivity (Wildman–Crippen MR) is 55.3 cm³/mol. The molecule has 0 unspecified atom stereocenters. The summed E-state index contributed by atoms with van der Waals surface area (Å²) in [5.74, 6) is -1.56. The average molecular weight is 220 g/mol. The molecule has 16 heavy (non-hydrogen) atoms. The van der Waals surface area contributed by atoms with E-state index in [1.807, 2.05) is 0 Å². The van der Waals surface area contributed by atoms with E-state index in [0.29, 0.717) is 0 Å². The van der Waals surface area contributed by atoms with Crippen LogP contribution in [0.5, 0.6) is 0 Å². The highest BCUT2D eigenvalue weighted by molar-refractivity contribution is 5.71. The molecule has 0 aliphatic heterocycles. The third-order valence-electron chi connectivity index (χ3n) is 2.20. The van der Waals surface area contributed by atoms with Gasteiger partial charge in [0.15, 0.2) is 0 Å². The third kappa shape index (κ3) is 2.08. The van der Waals surface area contributed by atoms with Gasteiger partial charge in [0.05, 0.1) is 12.1 Å². The molecular weight excluding hydrogens is 211 g/mol. The van der Waals surface area contributed by atoms with Crippen molar-refractivity contribution in [3.05, 3.63) is 41.8 Å². The standard InChI is InChI=1S/C11H9FN2O2/c12-9-2-1-7(10-3-4-13-14-10)5-8(9)6-11(15)16/h1-5H,6H2,(H,13,14)(H,15,16). The van der Waals surface area contributed by atoms with Crippen molar-refractivity contribution in [3.8, 4) is 11.3 Å². The van der Waals surface area contributed by atoms with Gasteiger partial charge in [-0.3, -0.25) is 9.89 Å². The van der Waals surface area contributed by atoms with E-state index in [-0.39, 0.29) is 12.0 Å². The lowest BCUT2D eigenvalue weighted by molar-refractivity contribution is -0.136. The van der Waals surface area contributed by atoms with Crippen molar-refractivity contribution in [2.75, 3.05) is 0 Å². The largest absolute Gasteiger partial charge is 0.481 e. The van der Waals surface area contributed by atoms with Crippen LogP contribution in [-0.2, 0) is 11.2 Å². The van der Waals surface area contributed by atoms with Crippen LogP contribution in [-0.4, -0.2) is 21.3 Å². The number of H-pyrrole nitrogens is 1. The Morgan fingerprint density at radius 1 is 1.44 bits per heavy atom. The molecule has 5 heteroatoms. The molecule has 1 heterocycles. The van der Waals surface area contributed by atoms with Crippen LogP contribution in [0.1, 0.15) is 5.56 Å². The molecule has 0 bridgehead atoms. The molecule has 2 aromatic rings. The van der Waals surface area contributed by atoms with Gasteiger partial charge in [-0.25, -0.2) is 4.39 Å². The summed E-state index contributed by atoms with van der Waals surface area (Å²) in [6, 6.07) is 6.08. The number of hydrogen-bond donors (Lipinski definition) is 2. The van der Waals surface area contributed by atoms with E-state index < -0.39 is 11.8 Å². The Hall–Kier alpha value is -2.17. The lowest BCUT2D eigenvalue weighted by atomic mass is 10.1.